The topological polar surface area (TPSA) is 45.2 Å². The molecule has 0 aliphatic heterocycles. The zero-order valence-electron chi connectivity index (χ0n) is 10.9. The van der Waals surface area contributed by atoms with Crippen molar-refractivity contribution >= 4 is 11.7 Å². The van der Waals surface area contributed by atoms with Crippen LogP contribution in [-0.2, 0) is 0 Å². The van der Waals surface area contributed by atoms with Gasteiger partial charge in [0.1, 0.15) is 5.82 Å². The Bertz CT molecular complexity index is 359. The van der Waals surface area contributed by atoms with E-state index in [9.17, 15) is 4.79 Å². The number of carbonyl (C=O) groups excluding carboxylic acids is 1. The first-order chi connectivity index (χ1) is 8.24. The largest absolute Gasteiger partial charge is 0.356 e. The molecule has 0 aliphatic carbocycles. The number of nitrogens with one attached hydrogen (secondary N) is 1. The minimum absolute atomic E-state index is 0.0784. The molecule has 0 bridgehead atoms. The Hall–Kier alpha value is -1.58. The summed E-state index contributed by atoms with van der Waals surface area (Å²) in [6.45, 7) is 6.11. The molecule has 1 rings (SSSR count). The minimum atomic E-state index is -0.0784. The summed E-state index contributed by atoms with van der Waals surface area (Å²) in [6, 6.07) is 3.61. The van der Waals surface area contributed by atoms with E-state index in [1.165, 1.54) is 0 Å². The molecule has 1 aromatic heterocycles. The Labute approximate surface area is 103 Å². The second-order valence-electron chi connectivity index (χ2n) is 3.94. The Morgan fingerprint density at radius 2 is 2.00 bits per heavy atom. The number of anilines is 1. The van der Waals surface area contributed by atoms with Crippen molar-refractivity contribution < 1.29 is 4.79 Å². The molecule has 4 nitrogen and oxygen atoms in total. The molecule has 1 heterocycles. The molecule has 1 amide bonds. The van der Waals surface area contributed by atoms with Gasteiger partial charge in [0.25, 0.3) is 5.91 Å². The summed E-state index contributed by atoms with van der Waals surface area (Å²) in [5.74, 6) is 0.709. The first-order valence-corrected chi connectivity index (χ1v) is 6.16. The Morgan fingerprint density at radius 1 is 1.35 bits per heavy atom. The highest BCUT2D eigenvalue weighted by Crippen LogP contribution is 2.17. The molecule has 1 N–H and O–H groups in total. The third kappa shape index (κ3) is 3.44. The second-order valence-corrected chi connectivity index (χ2v) is 3.94. The summed E-state index contributed by atoms with van der Waals surface area (Å²) in [5, 5.41) is 2.66. The maximum atomic E-state index is 11.8. The third-order valence-corrected chi connectivity index (χ3v) is 2.54. The maximum Gasteiger partial charge on any atom is 0.254 e. The minimum Gasteiger partial charge on any atom is -0.356 e. The van der Waals surface area contributed by atoms with Gasteiger partial charge >= 0.3 is 0 Å². The van der Waals surface area contributed by atoms with Crippen molar-refractivity contribution in [2.45, 2.75) is 26.7 Å². The van der Waals surface area contributed by atoms with Crippen LogP contribution in [-0.4, -0.2) is 31.0 Å². The quantitative estimate of drug-likeness (QED) is 0.821. The molecule has 0 aromatic carbocycles. The number of nitrogens with zero attached hydrogens (tertiary/aromatic N) is 2. The van der Waals surface area contributed by atoms with Gasteiger partial charge in [0.05, 0.1) is 5.56 Å². The van der Waals surface area contributed by atoms with Crippen LogP contribution in [0, 0.1) is 0 Å². The Morgan fingerprint density at radius 3 is 2.53 bits per heavy atom. The average molecular weight is 235 g/mol. The third-order valence-electron chi connectivity index (χ3n) is 2.54. The normalized spacial score (nSPS) is 10.1. The fraction of sp³-hybridized carbons (Fsp3) is 0.538. The van der Waals surface area contributed by atoms with E-state index in [-0.39, 0.29) is 5.91 Å². The van der Waals surface area contributed by atoms with Crippen LogP contribution in [0.4, 0.5) is 5.82 Å². The van der Waals surface area contributed by atoms with E-state index in [0.29, 0.717) is 5.56 Å². The van der Waals surface area contributed by atoms with Gasteiger partial charge in [0.15, 0.2) is 0 Å². The molecule has 0 aliphatic rings. The number of hydrogen-bond acceptors (Lipinski definition) is 3. The van der Waals surface area contributed by atoms with E-state index in [2.05, 4.69) is 29.0 Å². The summed E-state index contributed by atoms with van der Waals surface area (Å²) >= 11 is 0. The lowest BCUT2D eigenvalue weighted by Crippen LogP contribution is -2.29. The van der Waals surface area contributed by atoms with Gasteiger partial charge in [-0.1, -0.05) is 13.8 Å². The second kappa shape index (κ2) is 6.89. The van der Waals surface area contributed by atoms with Crippen LogP contribution < -0.4 is 10.2 Å². The van der Waals surface area contributed by atoms with Gasteiger partial charge in [0, 0.05) is 26.3 Å². The van der Waals surface area contributed by atoms with Crippen molar-refractivity contribution in [2.75, 3.05) is 25.0 Å². The molecule has 0 saturated carbocycles. The SMILES string of the molecule is CCCN(CCC)c1ncccc1C(=O)NC. The van der Waals surface area contributed by atoms with Gasteiger partial charge < -0.3 is 10.2 Å². The zero-order valence-corrected chi connectivity index (χ0v) is 10.9. The smallest absolute Gasteiger partial charge is 0.254 e. The monoisotopic (exact) mass is 235 g/mol. The Kier molecular flexibility index (Phi) is 5.46. The van der Waals surface area contributed by atoms with E-state index in [1.54, 1.807) is 19.3 Å². The molecule has 4 heteroatoms. The van der Waals surface area contributed by atoms with Gasteiger partial charge in [0.2, 0.25) is 0 Å². The van der Waals surface area contributed by atoms with Crippen molar-refractivity contribution in [3.05, 3.63) is 23.9 Å². The van der Waals surface area contributed by atoms with Crippen molar-refractivity contribution in [3.63, 3.8) is 0 Å². The average Bonchev–Trinajstić information content (AvgIpc) is 2.37. The first-order valence-electron chi connectivity index (χ1n) is 6.16. The standard InChI is InChI=1S/C13H21N3O/c1-4-9-16(10-5-2)12-11(13(17)14-3)7-6-8-15-12/h6-8H,4-5,9-10H2,1-3H3,(H,14,17). The van der Waals surface area contributed by atoms with Crippen LogP contribution in [0.25, 0.3) is 0 Å². The van der Waals surface area contributed by atoms with E-state index in [1.807, 2.05) is 6.07 Å². The van der Waals surface area contributed by atoms with Gasteiger partial charge in [-0.05, 0) is 25.0 Å². The van der Waals surface area contributed by atoms with Crippen LogP contribution >= 0.6 is 0 Å². The van der Waals surface area contributed by atoms with Crippen molar-refractivity contribution in [1.29, 1.82) is 0 Å². The van der Waals surface area contributed by atoms with Gasteiger partial charge in [-0.25, -0.2) is 4.98 Å². The number of rotatable bonds is 6. The molecule has 0 fully saturated rings. The van der Waals surface area contributed by atoms with E-state index in [4.69, 9.17) is 0 Å². The van der Waals surface area contributed by atoms with Gasteiger partial charge in [-0.2, -0.15) is 0 Å². The van der Waals surface area contributed by atoms with Crippen LogP contribution in [0.15, 0.2) is 18.3 Å². The van der Waals surface area contributed by atoms with E-state index in [0.717, 1.165) is 31.7 Å². The van der Waals surface area contributed by atoms with Crippen molar-refractivity contribution in [1.82, 2.24) is 10.3 Å². The summed E-state index contributed by atoms with van der Waals surface area (Å²) in [5.41, 5.74) is 0.650. The number of amides is 1. The fourth-order valence-electron chi connectivity index (χ4n) is 1.82. The lowest BCUT2D eigenvalue weighted by molar-refractivity contribution is 0.0963. The number of hydrogen-bond donors (Lipinski definition) is 1. The highest BCUT2D eigenvalue weighted by atomic mass is 16.1. The zero-order chi connectivity index (χ0) is 12.7. The summed E-state index contributed by atoms with van der Waals surface area (Å²) in [7, 11) is 1.64. The van der Waals surface area contributed by atoms with Crippen LogP contribution in [0.1, 0.15) is 37.0 Å². The van der Waals surface area contributed by atoms with Gasteiger partial charge in [-0.15, -0.1) is 0 Å². The summed E-state index contributed by atoms with van der Waals surface area (Å²) in [4.78, 5) is 18.3. The number of carbonyl (C=O) groups is 1. The molecular formula is C13H21N3O. The van der Waals surface area contributed by atoms with Crippen molar-refractivity contribution in [3.8, 4) is 0 Å². The van der Waals surface area contributed by atoms with E-state index >= 15 is 0 Å². The molecule has 0 radical (unpaired) electrons. The molecule has 94 valence electrons. The van der Waals surface area contributed by atoms with Crippen LogP contribution in [0.3, 0.4) is 0 Å². The summed E-state index contributed by atoms with van der Waals surface area (Å²) < 4.78 is 0. The maximum absolute atomic E-state index is 11.8. The summed E-state index contributed by atoms with van der Waals surface area (Å²) in [6.07, 6.45) is 3.83. The molecule has 17 heavy (non-hydrogen) atoms. The Balaban J connectivity index is 3.04. The van der Waals surface area contributed by atoms with Gasteiger partial charge in [-0.3, -0.25) is 4.79 Å². The fourth-order valence-corrected chi connectivity index (χ4v) is 1.82. The lowest BCUT2D eigenvalue weighted by Gasteiger charge is -2.24. The number of pyridine rings is 1. The van der Waals surface area contributed by atoms with Crippen molar-refractivity contribution in [2.24, 2.45) is 0 Å². The lowest BCUT2D eigenvalue weighted by atomic mass is 10.2. The molecule has 0 spiro atoms. The molecule has 0 unspecified atom stereocenters. The van der Waals surface area contributed by atoms with Crippen LogP contribution in [0.2, 0.25) is 0 Å². The number of aromatic nitrogens is 1. The van der Waals surface area contributed by atoms with E-state index < -0.39 is 0 Å². The predicted molar refractivity (Wildman–Crippen MR) is 70.4 cm³/mol. The molecule has 0 saturated heterocycles. The highest BCUT2D eigenvalue weighted by molar-refractivity contribution is 5.98. The molecular weight excluding hydrogens is 214 g/mol. The molecule has 0 atom stereocenters. The molecule has 1 aromatic rings. The first kappa shape index (κ1) is 13.5. The van der Waals surface area contributed by atoms with Crippen LogP contribution in [0.5, 0.6) is 0 Å². The predicted octanol–water partition coefficient (Wildman–Crippen LogP) is 2.07. The highest BCUT2D eigenvalue weighted by Gasteiger charge is 2.15.